The van der Waals surface area contributed by atoms with Gasteiger partial charge >= 0.3 is 0 Å². The fraction of sp³-hybridized carbons (Fsp3) is 0.571. The van der Waals surface area contributed by atoms with Crippen LogP contribution >= 0.6 is 15.9 Å². The Morgan fingerprint density at radius 2 is 1.86 bits per heavy atom. The summed E-state index contributed by atoms with van der Waals surface area (Å²) in [5.74, 6) is 0. The molecule has 0 N–H and O–H groups in total. The van der Waals surface area contributed by atoms with Gasteiger partial charge in [-0.3, -0.25) is 4.90 Å². The lowest BCUT2D eigenvalue weighted by molar-refractivity contribution is -0.00793. The third-order valence-electron chi connectivity index (χ3n) is 3.74. The van der Waals surface area contributed by atoms with Crippen LogP contribution in [0.15, 0.2) is 33.6 Å². The molecule has 1 aromatic carbocycles. The summed E-state index contributed by atoms with van der Waals surface area (Å²) in [6.45, 7) is 4.84. The van der Waals surface area contributed by atoms with Gasteiger partial charge in [-0.25, -0.2) is 8.42 Å². The summed E-state index contributed by atoms with van der Waals surface area (Å²) in [6, 6.07) is 6.75. The van der Waals surface area contributed by atoms with E-state index in [1.165, 1.54) is 4.31 Å². The van der Waals surface area contributed by atoms with E-state index in [4.69, 9.17) is 4.74 Å². The summed E-state index contributed by atoms with van der Waals surface area (Å²) in [5, 5.41) is 0. The first kappa shape index (κ1) is 16.9. The van der Waals surface area contributed by atoms with Crippen LogP contribution in [-0.4, -0.2) is 57.1 Å². The van der Waals surface area contributed by atoms with Gasteiger partial charge in [0.1, 0.15) is 0 Å². The predicted octanol–water partition coefficient (Wildman–Crippen LogP) is 2.14. The van der Waals surface area contributed by atoms with Crippen molar-refractivity contribution in [3.63, 3.8) is 0 Å². The molecule has 0 aromatic heterocycles. The van der Waals surface area contributed by atoms with E-state index in [1.807, 2.05) is 6.92 Å². The molecule has 0 radical (unpaired) electrons. The highest BCUT2D eigenvalue weighted by atomic mass is 79.9. The molecule has 1 aliphatic rings. The average molecular weight is 377 g/mol. The van der Waals surface area contributed by atoms with Crippen molar-refractivity contribution in [1.29, 1.82) is 0 Å². The normalized spacial score (nSPS) is 18.9. The predicted molar refractivity (Wildman–Crippen MR) is 85.6 cm³/mol. The second-order valence-electron chi connectivity index (χ2n) is 5.01. The van der Waals surface area contributed by atoms with Crippen molar-refractivity contribution in [1.82, 2.24) is 9.21 Å². The molecular formula is C14H21BrN2O3S. The van der Waals surface area contributed by atoms with Gasteiger partial charge in [0.25, 0.3) is 0 Å². The number of morpholine rings is 1. The molecule has 1 saturated heterocycles. The number of benzene rings is 1. The van der Waals surface area contributed by atoms with Crippen molar-refractivity contribution in [2.75, 3.05) is 33.4 Å². The average Bonchev–Trinajstić information content (AvgIpc) is 2.49. The third kappa shape index (κ3) is 3.84. The van der Waals surface area contributed by atoms with Crippen LogP contribution in [0, 0.1) is 0 Å². The van der Waals surface area contributed by atoms with Crippen LogP contribution in [0.1, 0.15) is 13.3 Å². The molecule has 0 saturated carbocycles. The van der Waals surface area contributed by atoms with Gasteiger partial charge in [0.05, 0.1) is 24.3 Å². The molecule has 1 aliphatic heterocycles. The summed E-state index contributed by atoms with van der Waals surface area (Å²) in [6.07, 6.45) is 0.606. The van der Waals surface area contributed by atoms with Crippen LogP contribution in [-0.2, 0) is 14.8 Å². The molecule has 2 rings (SSSR count). The van der Waals surface area contributed by atoms with Gasteiger partial charge in [-0.2, -0.15) is 4.31 Å². The fourth-order valence-corrected chi connectivity index (χ4v) is 4.23. The van der Waals surface area contributed by atoms with E-state index < -0.39 is 10.0 Å². The highest BCUT2D eigenvalue weighted by Crippen LogP contribution is 2.22. The Morgan fingerprint density at radius 1 is 1.29 bits per heavy atom. The lowest BCUT2D eigenvalue weighted by atomic mass is 10.3. The van der Waals surface area contributed by atoms with Crippen molar-refractivity contribution in [3.05, 3.63) is 28.7 Å². The van der Waals surface area contributed by atoms with E-state index in [-0.39, 0.29) is 6.17 Å². The summed E-state index contributed by atoms with van der Waals surface area (Å²) < 4.78 is 33.2. The number of halogens is 1. The SMILES string of the molecule is CCC(N1CCOCC1)N(C)S(=O)(=O)c1ccc(Br)cc1. The van der Waals surface area contributed by atoms with Crippen LogP contribution < -0.4 is 0 Å². The van der Waals surface area contributed by atoms with E-state index in [1.54, 1.807) is 31.3 Å². The Balaban J connectivity index is 2.22. The van der Waals surface area contributed by atoms with Crippen LogP contribution in [0.2, 0.25) is 0 Å². The Bertz CT molecular complexity index is 556. The van der Waals surface area contributed by atoms with Crippen LogP contribution in [0.5, 0.6) is 0 Å². The molecule has 1 atom stereocenters. The Labute approximate surface area is 135 Å². The van der Waals surface area contributed by atoms with Gasteiger partial charge in [-0.05, 0) is 30.7 Å². The minimum atomic E-state index is -3.49. The molecule has 1 fully saturated rings. The second-order valence-corrected chi connectivity index (χ2v) is 7.93. The maximum absolute atomic E-state index is 12.7. The zero-order valence-corrected chi connectivity index (χ0v) is 14.7. The summed E-state index contributed by atoms with van der Waals surface area (Å²) in [4.78, 5) is 2.49. The number of hydrogen-bond donors (Lipinski definition) is 0. The van der Waals surface area contributed by atoms with E-state index >= 15 is 0 Å². The Hall–Kier alpha value is -0.470. The molecule has 0 bridgehead atoms. The van der Waals surface area contributed by atoms with Gasteiger partial charge in [-0.1, -0.05) is 22.9 Å². The van der Waals surface area contributed by atoms with Crippen LogP contribution in [0.3, 0.4) is 0 Å². The molecule has 118 valence electrons. The fourth-order valence-electron chi connectivity index (χ4n) is 2.55. The van der Waals surface area contributed by atoms with Crippen molar-refractivity contribution in [2.24, 2.45) is 0 Å². The monoisotopic (exact) mass is 376 g/mol. The van der Waals surface area contributed by atoms with Crippen LogP contribution in [0.4, 0.5) is 0 Å². The first-order valence-electron chi connectivity index (χ1n) is 7.02. The first-order chi connectivity index (χ1) is 9.96. The summed E-state index contributed by atoms with van der Waals surface area (Å²) in [7, 11) is -1.83. The first-order valence-corrected chi connectivity index (χ1v) is 9.25. The number of sulfonamides is 1. The van der Waals surface area contributed by atoms with Crippen molar-refractivity contribution < 1.29 is 13.2 Å². The molecule has 1 unspecified atom stereocenters. The van der Waals surface area contributed by atoms with Crippen LogP contribution in [0.25, 0.3) is 0 Å². The van der Waals surface area contributed by atoms with E-state index in [0.717, 1.165) is 24.0 Å². The molecule has 1 aromatic rings. The molecule has 0 spiro atoms. The zero-order valence-electron chi connectivity index (χ0n) is 12.3. The number of nitrogens with zero attached hydrogens (tertiary/aromatic N) is 2. The quantitative estimate of drug-likeness (QED) is 0.789. The smallest absolute Gasteiger partial charge is 0.244 e. The summed E-state index contributed by atoms with van der Waals surface area (Å²) >= 11 is 3.32. The second kappa shape index (κ2) is 7.19. The van der Waals surface area contributed by atoms with Gasteiger partial charge < -0.3 is 4.74 Å². The minimum absolute atomic E-state index is 0.137. The largest absolute Gasteiger partial charge is 0.379 e. The third-order valence-corrected chi connectivity index (χ3v) is 6.14. The Kier molecular flexibility index (Phi) is 5.79. The molecule has 5 nitrogen and oxygen atoms in total. The highest BCUT2D eigenvalue weighted by molar-refractivity contribution is 9.10. The van der Waals surface area contributed by atoms with E-state index in [9.17, 15) is 8.42 Å². The maximum Gasteiger partial charge on any atom is 0.244 e. The number of hydrogen-bond acceptors (Lipinski definition) is 4. The van der Waals surface area contributed by atoms with Gasteiger partial charge in [-0.15, -0.1) is 0 Å². The molecule has 0 amide bonds. The molecule has 21 heavy (non-hydrogen) atoms. The van der Waals surface area contributed by atoms with Crippen molar-refractivity contribution >= 4 is 26.0 Å². The van der Waals surface area contributed by atoms with Gasteiger partial charge in [0.15, 0.2) is 0 Å². The Morgan fingerprint density at radius 3 is 2.38 bits per heavy atom. The number of ether oxygens (including phenoxy) is 1. The van der Waals surface area contributed by atoms with Gasteiger partial charge in [0, 0.05) is 24.6 Å². The van der Waals surface area contributed by atoms with Gasteiger partial charge in [0.2, 0.25) is 10.0 Å². The zero-order chi connectivity index (χ0) is 15.5. The topological polar surface area (TPSA) is 49.9 Å². The lowest BCUT2D eigenvalue weighted by Gasteiger charge is -2.38. The molecular weight excluding hydrogens is 356 g/mol. The number of rotatable bonds is 5. The van der Waals surface area contributed by atoms with E-state index in [0.29, 0.717) is 18.1 Å². The standard InChI is InChI=1S/C14H21BrN2O3S/c1-3-14(17-8-10-20-11-9-17)16(2)21(18,19)13-6-4-12(15)5-7-13/h4-7,14H,3,8-11H2,1-2H3. The molecule has 0 aliphatic carbocycles. The summed E-state index contributed by atoms with van der Waals surface area (Å²) in [5.41, 5.74) is 0. The lowest BCUT2D eigenvalue weighted by Crippen LogP contribution is -2.52. The van der Waals surface area contributed by atoms with Crippen molar-refractivity contribution in [2.45, 2.75) is 24.4 Å². The molecule has 7 heteroatoms. The highest BCUT2D eigenvalue weighted by Gasteiger charge is 2.31. The minimum Gasteiger partial charge on any atom is -0.379 e. The maximum atomic E-state index is 12.7. The van der Waals surface area contributed by atoms with E-state index in [2.05, 4.69) is 20.8 Å². The van der Waals surface area contributed by atoms with Crippen molar-refractivity contribution in [3.8, 4) is 0 Å². The molecule has 1 heterocycles.